The van der Waals surface area contributed by atoms with Gasteiger partial charge < -0.3 is 14.8 Å². The van der Waals surface area contributed by atoms with E-state index in [1.165, 1.54) is 25.7 Å². The van der Waals surface area contributed by atoms with Crippen molar-refractivity contribution in [3.05, 3.63) is 0 Å². The van der Waals surface area contributed by atoms with Crippen molar-refractivity contribution >= 4 is 0 Å². The molecule has 1 saturated heterocycles. The lowest BCUT2D eigenvalue weighted by atomic mass is 9.86. The monoisotopic (exact) mass is 227 g/mol. The van der Waals surface area contributed by atoms with Gasteiger partial charge in [-0.15, -0.1) is 0 Å². The first-order valence-electron chi connectivity index (χ1n) is 6.62. The van der Waals surface area contributed by atoms with Gasteiger partial charge in [0, 0.05) is 12.6 Å². The van der Waals surface area contributed by atoms with Crippen molar-refractivity contribution in [2.75, 3.05) is 13.2 Å². The van der Waals surface area contributed by atoms with Gasteiger partial charge >= 0.3 is 0 Å². The molecule has 3 nitrogen and oxygen atoms in total. The Balaban J connectivity index is 1.71. The van der Waals surface area contributed by atoms with Crippen molar-refractivity contribution in [1.29, 1.82) is 0 Å². The molecule has 1 aliphatic carbocycles. The quantitative estimate of drug-likeness (QED) is 0.802. The molecule has 0 bridgehead atoms. The van der Waals surface area contributed by atoms with Crippen molar-refractivity contribution in [1.82, 2.24) is 5.32 Å². The van der Waals surface area contributed by atoms with Crippen molar-refractivity contribution in [3.63, 3.8) is 0 Å². The van der Waals surface area contributed by atoms with Gasteiger partial charge in [0.15, 0.2) is 5.79 Å². The Bertz CT molecular complexity index is 230. The molecule has 2 aliphatic rings. The first-order chi connectivity index (χ1) is 7.57. The Labute approximate surface area is 98.9 Å². The van der Waals surface area contributed by atoms with E-state index in [2.05, 4.69) is 12.2 Å². The summed E-state index contributed by atoms with van der Waals surface area (Å²) in [5, 5.41) is 3.65. The van der Waals surface area contributed by atoms with Gasteiger partial charge in [0.25, 0.3) is 0 Å². The zero-order chi connectivity index (χ0) is 11.6. The maximum Gasteiger partial charge on any atom is 0.163 e. The van der Waals surface area contributed by atoms with E-state index in [0.717, 1.165) is 19.1 Å². The molecule has 94 valence electrons. The van der Waals surface area contributed by atoms with Gasteiger partial charge in [-0.3, -0.25) is 0 Å². The van der Waals surface area contributed by atoms with Gasteiger partial charge in [-0.1, -0.05) is 19.8 Å². The molecule has 0 spiro atoms. The van der Waals surface area contributed by atoms with Gasteiger partial charge in [0.2, 0.25) is 0 Å². The smallest absolute Gasteiger partial charge is 0.163 e. The average molecular weight is 227 g/mol. The molecular formula is C13H25NO2. The van der Waals surface area contributed by atoms with Crippen LogP contribution in [0.15, 0.2) is 0 Å². The summed E-state index contributed by atoms with van der Waals surface area (Å²) in [6.45, 7) is 7.97. The Morgan fingerprint density at radius 2 is 2.00 bits per heavy atom. The zero-order valence-corrected chi connectivity index (χ0v) is 10.8. The largest absolute Gasteiger partial charge is 0.348 e. The number of nitrogens with one attached hydrogen (secondary N) is 1. The Morgan fingerprint density at radius 3 is 2.62 bits per heavy atom. The molecule has 2 rings (SSSR count). The van der Waals surface area contributed by atoms with E-state index in [1.807, 2.05) is 13.8 Å². The minimum absolute atomic E-state index is 0.226. The first kappa shape index (κ1) is 12.3. The minimum atomic E-state index is -0.384. The van der Waals surface area contributed by atoms with Crippen molar-refractivity contribution in [2.24, 2.45) is 5.92 Å². The highest BCUT2D eigenvalue weighted by atomic mass is 16.7. The average Bonchev–Trinajstić information content (AvgIpc) is 2.57. The Morgan fingerprint density at radius 1 is 1.25 bits per heavy atom. The molecule has 0 aromatic heterocycles. The number of hydrogen-bond acceptors (Lipinski definition) is 3. The molecule has 16 heavy (non-hydrogen) atoms. The molecule has 3 atom stereocenters. The van der Waals surface area contributed by atoms with Crippen LogP contribution in [-0.2, 0) is 9.47 Å². The number of hydrogen-bond donors (Lipinski definition) is 1. The summed E-state index contributed by atoms with van der Waals surface area (Å²) < 4.78 is 11.3. The lowest BCUT2D eigenvalue weighted by Crippen LogP contribution is -2.42. The lowest BCUT2D eigenvalue weighted by molar-refractivity contribution is -0.138. The fourth-order valence-corrected chi connectivity index (χ4v) is 2.77. The third kappa shape index (κ3) is 3.19. The van der Waals surface area contributed by atoms with Crippen LogP contribution in [-0.4, -0.2) is 31.1 Å². The summed E-state index contributed by atoms with van der Waals surface area (Å²) in [5.74, 6) is 0.425. The van der Waals surface area contributed by atoms with Crippen LogP contribution in [0, 0.1) is 5.92 Å². The topological polar surface area (TPSA) is 30.5 Å². The standard InChI is InChI=1S/C13H25NO2/c1-10-6-4-5-7-12(10)14-8-11-9-15-13(2,3)16-11/h10-12,14H,4-9H2,1-3H3. The SMILES string of the molecule is CC1CCCCC1NCC1COC(C)(C)O1. The molecule has 3 unspecified atom stereocenters. The van der Waals surface area contributed by atoms with E-state index in [4.69, 9.17) is 9.47 Å². The van der Waals surface area contributed by atoms with Crippen LogP contribution < -0.4 is 5.32 Å². The molecule has 0 radical (unpaired) electrons. The molecule has 0 amide bonds. The van der Waals surface area contributed by atoms with Crippen LogP contribution >= 0.6 is 0 Å². The number of rotatable bonds is 3. The number of ether oxygens (including phenoxy) is 2. The Kier molecular flexibility index (Phi) is 3.88. The third-order valence-electron chi connectivity index (χ3n) is 3.79. The predicted octanol–water partition coefficient (Wildman–Crippen LogP) is 2.31. The summed E-state index contributed by atoms with van der Waals surface area (Å²) in [4.78, 5) is 0. The summed E-state index contributed by atoms with van der Waals surface area (Å²) >= 11 is 0. The maximum absolute atomic E-state index is 5.79. The minimum Gasteiger partial charge on any atom is -0.348 e. The molecule has 0 aromatic rings. The highest BCUT2D eigenvalue weighted by Crippen LogP contribution is 2.25. The molecule has 1 saturated carbocycles. The summed E-state index contributed by atoms with van der Waals surface area (Å²) in [6, 6.07) is 0.682. The second-order valence-corrected chi connectivity index (χ2v) is 5.73. The van der Waals surface area contributed by atoms with Crippen LogP contribution in [0.2, 0.25) is 0 Å². The van der Waals surface area contributed by atoms with Crippen LogP contribution in [0.4, 0.5) is 0 Å². The van der Waals surface area contributed by atoms with Gasteiger partial charge in [-0.25, -0.2) is 0 Å². The van der Waals surface area contributed by atoms with E-state index >= 15 is 0 Å². The molecule has 2 fully saturated rings. The van der Waals surface area contributed by atoms with Crippen LogP contribution in [0.25, 0.3) is 0 Å². The fourth-order valence-electron chi connectivity index (χ4n) is 2.77. The van der Waals surface area contributed by atoms with E-state index in [0.29, 0.717) is 6.04 Å². The molecule has 3 heteroatoms. The van der Waals surface area contributed by atoms with Crippen molar-refractivity contribution in [3.8, 4) is 0 Å². The van der Waals surface area contributed by atoms with Crippen LogP contribution in [0.1, 0.15) is 46.5 Å². The highest BCUT2D eigenvalue weighted by Gasteiger charge is 2.33. The molecule has 1 aliphatic heterocycles. The van der Waals surface area contributed by atoms with Gasteiger partial charge in [-0.2, -0.15) is 0 Å². The maximum atomic E-state index is 5.79. The van der Waals surface area contributed by atoms with Crippen molar-refractivity contribution < 1.29 is 9.47 Å². The van der Waals surface area contributed by atoms with Gasteiger partial charge in [0.05, 0.1) is 12.7 Å². The summed E-state index contributed by atoms with van der Waals surface area (Å²) in [5.41, 5.74) is 0. The van der Waals surface area contributed by atoms with Gasteiger partial charge in [-0.05, 0) is 32.6 Å². The highest BCUT2D eigenvalue weighted by molar-refractivity contribution is 4.81. The van der Waals surface area contributed by atoms with E-state index < -0.39 is 0 Å². The van der Waals surface area contributed by atoms with E-state index in [9.17, 15) is 0 Å². The lowest BCUT2D eigenvalue weighted by Gasteiger charge is -2.30. The molecule has 1 heterocycles. The molecular weight excluding hydrogens is 202 g/mol. The molecule has 0 aromatic carbocycles. The van der Waals surface area contributed by atoms with Crippen LogP contribution in [0.5, 0.6) is 0 Å². The fraction of sp³-hybridized carbons (Fsp3) is 1.00. The van der Waals surface area contributed by atoms with Gasteiger partial charge in [0.1, 0.15) is 0 Å². The second-order valence-electron chi connectivity index (χ2n) is 5.73. The normalized spacial score (nSPS) is 38.8. The zero-order valence-electron chi connectivity index (χ0n) is 10.8. The summed E-state index contributed by atoms with van der Waals surface area (Å²) in [7, 11) is 0. The second kappa shape index (κ2) is 5.03. The Hall–Kier alpha value is -0.120. The summed E-state index contributed by atoms with van der Waals surface area (Å²) in [6.07, 6.45) is 5.68. The van der Waals surface area contributed by atoms with Crippen molar-refractivity contribution in [2.45, 2.75) is 64.4 Å². The molecule has 1 N–H and O–H groups in total. The van der Waals surface area contributed by atoms with E-state index in [1.54, 1.807) is 0 Å². The predicted molar refractivity (Wildman–Crippen MR) is 64.3 cm³/mol. The van der Waals surface area contributed by atoms with Crippen LogP contribution in [0.3, 0.4) is 0 Å². The van der Waals surface area contributed by atoms with E-state index in [-0.39, 0.29) is 11.9 Å². The first-order valence-corrected chi connectivity index (χ1v) is 6.62. The third-order valence-corrected chi connectivity index (χ3v) is 3.79.